The Hall–Kier alpha value is -3.04. The molecule has 4 N–H and O–H groups in total. The van der Waals surface area contributed by atoms with E-state index in [4.69, 9.17) is 15.6 Å². The number of hydrogen-bond acceptors (Lipinski definition) is 5. The number of pyridine rings is 1. The zero-order valence-electron chi connectivity index (χ0n) is 12.5. The summed E-state index contributed by atoms with van der Waals surface area (Å²) in [7, 11) is 0. The topological polar surface area (TPSA) is 97.5 Å². The van der Waals surface area contributed by atoms with E-state index >= 15 is 0 Å². The summed E-state index contributed by atoms with van der Waals surface area (Å²) in [5.74, 6) is 5.88. The lowest BCUT2D eigenvalue weighted by Crippen LogP contribution is -2.24. The van der Waals surface area contributed by atoms with Crippen molar-refractivity contribution in [1.29, 1.82) is 0 Å². The van der Waals surface area contributed by atoms with Gasteiger partial charge in [-0.25, -0.2) is 9.78 Å². The predicted molar refractivity (Wildman–Crippen MR) is 86.1 cm³/mol. The number of anilines is 1. The van der Waals surface area contributed by atoms with Crippen LogP contribution in [0.25, 0.3) is 0 Å². The van der Waals surface area contributed by atoms with Crippen LogP contribution in [0.1, 0.15) is 16.7 Å². The second-order valence-corrected chi connectivity index (χ2v) is 4.64. The molecule has 1 heterocycles. The van der Waals surface area contributed by atoms with Crippen molar-refractivity contribution in [2.45, 2.75) is 13.2 Å². The molecule has 0 bridgehead atoms. The third-order valence-corrected chi connectivity index (χ3v) is 2.94. The number of rotatable bonds is 4. The molecule has 0 spiro atoms. The number of carbonyl (C=O) groups is 1. The molecule has 6 nitrogen and oxygen atoms in total. The van der Waals surface area contributed by atoms with Gasteiger partial charge < -0.3 is 20.9 Å². The molecule has 0 radical (unpaired) electrons. The highest BCUT2D eigenvalue weighted by Gasteiger charge is 2.01. The lowest BCUT2D eigenvalue weighted by atomic mass is 10.2. The number of hydrogen-bond donors (Lipinski definition) is 3. The van der Waals surface area contributed by atoms with E-state index in [9.17, 15) is 4.79 Å². The molecular formula is C17H17N3O3. The molecule has 1 aromatic heterocycles. The Morgan fingerprint density at radius 1 is 1.35 bits per heavy atom. The second-order valence-electron chi connectivity index (χ2n) is 4.64. The van der Waals surface area contributed by atoms with E-state index in [0.717, 1.165) is 5.56 Å². The third kappa shape index (κ3) is 5.34. The number of aliphatic hydroxyl groups excluding tert-OH is 1. The molecule has 0 aliphatic carbocycles. The summed E-state index contributed by atoms with van der Waals surface area (Å²) in [5.41, 5.74) is 7.63. The number of ether oxygens (including phenoxy) is 1. The Balaban J connectivity index is 1.77. The van der Waals surface area contributed by atoms with Crippen LogP contribution in [0.15, 0.2) is 42.6 Å². The smallest absolute Gasteiger partial charge is 0.408 e. The van der Waals surface area contributed by atoms with Gasteiger partial charge in [0.15, 0.2) is 0 Å². The van der Waals surface area contributed by atoms with E-state index in [1.807, 2.05) is 30.3 Å². The number of aliphatic hydroxyl groups is 1. The Morgan fingerprint density at radius 3 is 2.87 bits per heavy atom. The van der Waals surface area contributed by atoms with Gasteiger partial charge in [0.05, 0.1) is 13.2 Å². The van der Waals surface area contributed by atoms with Crippen LogP contribution in [0, 0.1) is 11.8 Å². The van der Waals surface area contributed by atoms with E-state index in [0.29, 0.717) is 11.1 Å². The van der Waals surface area contributed by atoms with Gasteiger partial charge in [-0.2, -0.15) is 0 Å². The van der Waals surface area contributed by atoms with Crippen molar-refractivity contribution in [2.75, 3.05) is 12.3 Å². The minimum Gasteiger partial charge on any atom is -0.445 e. The molecule has 6 heteroatoms. The number of amides is 1. The lowest BCUT2D eigenvalue weighted by molar-refractivity contribution is 0.141. The summed E-state index contributed by atoms with van der Waals surface area (Å²) in [4.78, 5) is 15.4. The zero-order chi connectivity index (χ0) is 16.5. The van der Waals surface area contributed by atoms with Gasteiger partial charge in [0.1, 0.15) is 12.4 Å². The number of aromatic nitrogens is 1. The number of nitrogens with two attached hydrogens (primary N) is 1. The first kappa shape index (κ1) is 16.3. The first-order valence-corrected chi connectivity index (χ1v) is 6.97. The molecule has 1 aromatic carbocycles. The van der Waals surface area contributed by atoms with Crippen molar-refractivity contribution in [1.82, 2.24) is 10.3 Å². The molecule has 0 saturated heterocycles. The summed E-state index contributed by atoms with van der Waals surface area (Å²) in [6.07, 6.45) is 0.976. The number of carbonyl (C=O) groups excluding carboxylic acids is 1. The Morgan fingerprint density at radius 2 is 2.13 bits per heavy atom. The van der Waals surface area contributed by atoms with Crippen molar-refractivity contribution in [2.24, 2.45) is 0 Å². The fraction of sp³-hybridized carbons (Fsp3) is 0.176. The molecule has 2 aromatic rings. The second kappa shape index (κ2) is 8.41. The number of nitrogen functional groups attached to an aromatic ring is 1. The normalized spacial score (nSPS) is 9.61. The van der Waals surface area contributed by atoms with Crippen LogP contribution in [0.3, 0.4) is 0 Å². The highest BCUT2D eigenvalue weighted by Crippen LogP contribution is 2.09. The fourth-order valence-electron chi connectivity index (χ4n) is 1.75. The average Bonchev–Trinajstić information content (AvgIpc) is 2.59. The van der Waals surface area contributed by atoms with Crippen LogP contribution in [0.4, 0.5) is 10.6 Å². The first-order chi connectivity index (χ1) is 11.2. The van der Waals surface area contributed by atoms with Crippen molar-refractivity contribution < 1.29 is 14.6 Å². The molecule has 0 fully saturated rings. The standard InChI is InChI=1S/C17H17N3O3/c18-16-15(11-21)9-14(10-20-16)7-4-8-19-17(22)23-12-13-5-2-1-3-6-13/h1-3,5-6,9-10,21H,8,11-12H2,(H2,18,20)(H,19,22). The van der Waals surface area contributed by atoms with Gasteiger partial charge in [0, 0.05) is 17.3 Å². The quantitative estimate of drug-likeness (QED) is 0.742. The fourth-order valence-corrected chi connectivity index (χ4v) is 1.75. The van der Waals surface area contributed by atoms with Crippen LogP contribution in [0.2, 0.25) is 0 Å². The van der Waals surface area contributed by atoms with Crippen molar-refractivity contribution in [3.8, 4) is 11.8 Å². The maximum absolute atomic E-state index is 11.5. The van der Waals surface area contributed by atoms with Crippen LogP contribution in [-0.2, 0) is 18.0 Å². The molecule has 0 saturated carbocycles. The maximum Gasteiger partial charge on any atom is 0.408 e. The summed E-state index contributed by atoms with van der Waals surface area (Å²) < 4.78 is 5.05. The maximum atomic E-state index is 11.5. The van der Waals surface area contributed by atoms with Crippen molar-refractivity contribution in [3.05, 3.63) is 59.3 Å². The summed E-state index contributed by atoms with van der Waals surface area (Å²) >= 11 is 0. The molecular weight excluding hydrogens is 294 g/mol. The van der Waals surface area contributed by atoms with Gasteiger partial charge >= 0.3 is 6.09 Å². The van der Waals surface area contributed by atoms with Crippen LogP contribution in [-0.4, -0.2) is 22.7 Å². The molecule has 23 heavy (non-hydrogen) atoms. The monoisotopic (exact) mass is 311 g/mol. The van der Waals surface area contributed by atoms with Gasteiger partial charge in [-0.3, -0.25) is 0 Å². The minimum absolute atomic E-state index is 0.145. The molecule has 1 amide bonds. The lowest BCUT2D eigenvalue weighted by Gasteiger charge is -2.04. The first-order valence-electron chi connectivity index (χ1n) is 6.97. The van der Waals surface area contributed by atoms with Crippen LogP contribution >= 0.6 is 0 Å². The number of nitrogens with zero attached hydrogens (tertiary/aromatic N) is 1. The number of benzene rings is 1. The number of nitrogens with one attached hydrogen (secondary N) is 1. The summed E-state index contributed by atoms with van der Waals surface area (Å²) in [6.45, 7) is 0.159. The van der Waals surface area contributed by atoms with Crippen molar-refractivity contribution in [3.63, 3.8) is 0 Å². The predicted octanol–water partition coefficient (Wildman–Crippen LogP) is 1.43. The molecule has 0 aliphatic heterocycles. The summed E-state index contributed by atoms with van der Waals surface area (Å²) in [5, 5.41) is 11.6. The van der Waals surface area contributed by atoms with Gasteiger partial charge in [-0.1, -0.05) is 42.2 Å². The van der Waals surface area contributed by atoms with Gasteiger partial charge in [-0.05, 0) is 11.6 Å². The largest absolute Gasteiger partial charge is 0.445 e. The highest BCUT2D eigenvalue weighted by molar-refractivity contribution is 5.67. The molecule has 118 valence electrons. The molecule has 0 unspecified atom stereocenters. The van der Waals surface area contributed by atoms with E-state index in [1.165, 1.54) is 6.20 Å². The van der Waals surface area contributed by atoms with Crippen LogP contribution < -0.4 is 11.1 Å². The van der Waals surface area contributed by atoms with E-state index in [2.05, 4.69) is 22.1 Å². The third-order valence-electron chi connectivity index (χ3n) is 2.94. The molecule has 0 atom stereocenters. The SMILES string of the molecule is Nc1ncc(C#CCNC(=O)OCc2ccccc2)cc1CO. The van der Waals surface area contributed by atoms with Gasteiger partial charge in [0.2, 0.25) is 0 Å². The molecule has 2 rings (SSSR count). The zero-order valence-corrected chi connectivity index (χ0v) is 12.5. The Bertz CT molecular complexity index is 721. The highest BCUT2D eigenvalue weighted by atomic mass is 16.5. The van der Waals surface area contributed by atoms with Crippen LogP contribution in [0.5, 0.6) is 0 Å². The Labute approximate surface area is 134 Å². The summed E-state index contributed by atoms with van der Waals surface area (Å²) in [6, 6.07) is 11.1. The van der Waals surface area contributed by atoms with E-state index in [-0.39, 0.29) is 25.6 Å². The number of alkyl carbamates (subject to hydrolysis) is 1. The van der Waals surface area contributed by atoms with E-state index < -0.39 is 6.09 Å². The average molecular weight is 311 g/mol. The molecule has 0 aliphatic rings. The minimum atomic E-state index is -0.533. The van der Waals surface area contributed by atoms with Gasteiger partial charge in [0.25, 0.3) is 0 Å². The van der Waals surface area contributed by atoms with Gasteiger partial charge in [-0.15, -0.1) is 0 Å². The Kier molecular flexibility index (Phi) is 5.98. The van der Waals surface area contributed by atoms with Crippen molar-refractivity contribution >= 4 is 11.9 Å². The van der Waals surface area contributed by atoms with E-state index in [1.54, 1.807) is 6.07 Å².